The number of imidazole rings is 1. The highest BCUT2D eigenvalue weighted by Crippen LogP contribution is 2.34. The minimum Gasteiger partial charge on any atom is -0.277 e. The van der Waals surface area contributed by atoms with E-state index in [1.165, 1.54) is 18.2 Å². The molecule has 2 aromatic heterocycles. The van der Waals surface area contributed by atoms with E-state index >= 15 is 0 Å². The maximum atomic E-state index is 14.3. The molecule has 1 atom stereocenters. The van der Waals surface area contributed by atoms with Crippen LogP contribution in [0.15, 0.2) is 42.6 Å². The Balaban J connectivity index is 1.96. The summed E-state index contributed by atoms with van der Waals surface area (Å²) < 4.78 is 16.3. The Morgan fingerprint density at radius 1 is 1.18 bits per heavy atom. The monoisotopic (exact) mass is 313 g/mol. The van der Waals surface area contributed by atoms with E-state index in [1.807, 2.05) is 34.5 Å². The van der Waals surface area contributed by atoms with E-state index in [1.54, 1.807) is 18.3 Å². The van der Waals surface area contributed by atoms with Crippen molar-refractivity contribution < 1.29 is 4.39 Å². The number of rotatable bonds is 2. The molecule has 1 fully saturated rings. The topological polar surface area (TPSA) is 30.7 Å². The maximum Gasteiger partial charge on any atom is 0.164 e. The number of thioether (sulfide) groups is 1. The van der Waals surface area contributed by atoms with Gasteiger partial charge in [0.05, 0.1) is 5.69 Å². The molecule has 0 saturated carbocycles. The van der Waals surface area contributed by atoms with Crippen LogP contribution in [0.25, 0.3) is 16.9 Å². The Morgan fingerprint density at radius 3 is 2.91 bits per heavy atom. The number of aromatic nitrogens is 3. The molecule has 5 heteroatoms. The number of hydrogen-bond donors (Lipinski definition) is 0. The standard InChI is InChI=1S/C17H16FN3S/c18-13-6-1-2-8-15(13)21-16(12-5-4-10-22-11-12)20-14-7-3-9-19-17(14)21/h1-3,6-9,12H,4-5,10-11H2. The fourth-order valence-corrected chi connectivity index (χ4v) is 4.16. The number of hydrogen-bond acceptors (Lipinski definition) is 3. The SMILES string of the molecule is Fc1ccccc1-n1c(C2CCCSC2)nc2cccnc21. The molecule has 0 aliphatic carbocycles. The third-order valence-corrected chi connectivity index (χ3v) is 5.28. The summed E-state index contributed by atoms with van der Waals surface area (Å²) in [5, 5.41) is 0. The van der Waals surface area contributed by atoms with Crippen molar-refractivity contribution in [3.63, 3.8) is 0 Å². The molecular formula is C17H16FN3S. The highest BCUT2D eigenvalue weighted by molar-refractivity contribution is 7.99. The van der Waals surface area contributed by atoms with Gasteiger partial charge in [0, 0.05) is 17.9 Å². The molecule has 112 valence electrons. The molecule has 0 amide bonds. The summed E-state index contributed by atoms with van der Waals surface area (Å²) in [6.45, 7) is 0. The highest BCUT2D eigenvalue weighted by atomic mass is 32.2. The second-order valence-electron chi connectivity index (χ2n) is 5.52. The normalized spacial score (nSPS) is 18.7. The summed E-state index contributed by atoms with van der Waals surface area (Å²) in [7, 11) is 0. The van der Waals surface area contributed by atoms with Gasteiger partial charge in [-0.2, -0.15) is 11.8 Å². The van der Waals surface area contributed by atoms with Crippen LogP contribution in [-0.4, -0.2) is 26.0 Å². The van der Waals surface area contributed by atoms with Gasteiger partial charge in [0.25, 0.3) is 0 Å². The zero-order chi connectivity index (χ0) is 14.9. The average Bonchev–Trinajstić information content (AvgIpc) is 2.95. The van der Waals surface area contributed by atoms with Gasteiger partial charge in [-0.3, -0.25) is 4.57 Å². The number of pyridine rings is 1. The van der Waals surface area contributed by atoms with E-state index in [-0.39, 0.29) is 5.82 Å². The first-order chi connectivity index (χ1) is 10.8. The summed E-state index contributed by atoms with van der Waals surface area (Å²) in [6, 6.07) is 10.7. The molecule has 1 aliphatic rings. The van der Waals surface area contributed by atoms with E-state index in [0.29, 0.717) is 11.6 Å². The van der Waals surface area contributed by atoms with Gasteiger partial charge in [0.15, 0.2) is 5.65 Å². The quantitative estimate of drug-likeness (QED) is 0.711. The Labute approximate surface area is 132 Å². The van der Waals surface area contributed by atoms with Crippen molar-refractivity contribution in [2.75, 3.05) is 11.5 Å². The largest absolute Gasteiger partial charge is 0.277 e. The van der Waals surface area contributed by atoms with Crippen LogP contribution in [0.5, 0.6) is 0 Å². The lowest BCUT2D eigenvalue weighted by molar-refractivity contribution is 0.593. The Bertz CT molecular complexity index is 809. The number of fused-ring (bicyclic) bond motifs is 1. The van der Waals surface area contributed by atoms with Crippen molar-refractivity contribution in [3.8, 4) is 5.69 Å². The van der Waals surface area contributed by atoms with Crippen LogP contribution in [-0.2, 0) is 0 Å². The molecule has 1 unspecified atom stereocenters. The number of nitrogens with zero attached hydrogens (tertiary/aromatic N) is 3. The molecule has 3 nitrogen and oxygen atoms in total. The molecule has 0 N–H and O–H groups in total. The van der Waals surface area contributed by atoms with Gasteiger partial charge in [-0.1, -0.05) is 12.1 Å². The zero-order valence-corrected chi connectivity index (χ0v) is 12.9. The van der Waals surface area contributed by atoms with Crippen LogP contribution in [0, 0.1) is 5.82 Å². The van der Waals surface area contributed by atoms with Crippen molar-refractivity contribution in [3.05, 3.63) is 54.2 Å². The third-order valence-electron chi connectivity index (χ3n) is 4.06. The maximum absolute atomic E-state index is 14.3. The molecular weight excluding hydrogens is 297 g/mol. The molecule has 1 aliphatic heterocycles. The van der Waals surface area contributed by atoms with Crippen LogP contribution in [0.3, 0.4) is 0 Å². The molecule has 0 bridgehead atoms. The minimum atomic E-state index is -0.239. The van der Waals surface area contributed by atoms with Gasteiger partial charge in [-0.25, -0.2) is 14.4 Å². The Morgan fingerprint density at radius 2 is 2.09 bits per heavy atom. The van der Waals surface area contributed by atoms with E-state index in [9.17, 15) is 4.39 Å². The number of para-hydroxylation sites is 1. The van der Waals surface area contributed by atoms with Gasteiger partial charge >= 0.3 is 0 Å². The highest BCUT2D eigenvalue weighted by Gasteiger charge is 2.24. The first kappa shape index (κ1) is 13.8. The zero-order valence-electron chi connectivity index (χ0n) is 12.1. The average molecular weight is 313 g/mol. The minimum absolute atomic E-state index is 0.239. The van der Waals surface area contributed by atoms with Crippen molar-refractivity contribution in [2.45, 2.75) is 18.8 Å². The number of halogens is 1. The third kappa shape index (κ3) is 2.29. The van der Waals surface area contributed by atoms with E-state index in [0.717, 1.165) is 29.2 Å². The Kier molecular flexibility index (Phi) is 3.58. The van der Waals surface area contributed by atoms with Crippen molar-refractivity contribution in [1.29, 1.82) is 0 Å². The molecule has 22 heavy (non-hydrogen) atoms. The second kappa shape index (κ2) is 5.72. The van der Waals surface area contributed by atoms with Crippen LogP contribution in [0.4, 0.5) is 4.39 Å². The fraction of sp³-hybridized carbons (Fsp3) is 0.294. The molecule has 0 radical (unpaired) electrons. The van der Waals surface area contributed by atoms with Gasteiger partial charge < -0.3 is 0 Å². The Hall–Kier alpha value is -1.88. The van der Waals surface area contributed by atoms with E-state index in [4.69, 9.17) is 4.98 Å². The van der Waals surface area contributed by atoms with Gasteiger partial charge in [-0.15, -0.1) is 0 Å². The van der Waals surface area contributed by atoms with E-state index < -0.39 is 0 Å². The van der Waals surface area contributed by atoms with Crippen LogP contribution in [0.1, 0.15) is 24.6 Å². The summed E-state index contributed by atoms with van der Waals surface area (Å²) in [6.07, 6.45) is 4.02. The molecule has 4 rings (SSSR count). The predicted molar refractivity (Wildman–Crippen MR) is 88.1 cm³/mol. The summed E-state index contributed by atoms with van der Waals surface area (Å²) in [5.41, 5.74) is 2.10. The van der Waals surface area contributed by atoms with Crippen LogP contribution >= 0.6 is 11.8 Å². The van der Waals surface area contributed by atoms with Crippen LogP contribution < -0.4 is 0 Å². The lowest BCUT2D eigenvalue weighted by Gasteiger charge is -2.22. The van der Waals surface area contributed by atoms with Crippen molar-refractivity contribution in [1.82, 2.24) is 14.5 Å². The first-order valence-corrected chi connectivity index (χ1v) is 8.66. The first-order valence-electron chi connectivity index (χ1n) is 7.50. The smallest absolute Gasteiger partial charge is 0.164 e. The molecule has 0 spiro atoms. The lowest BCUT2D eigenvalue weighted by atomic mass is 10.0. The van der Waals surface area contributed by atoms with Gasteiger partial charge in [-0.05, 0) is 42.9 Å². The summed E-state index contributed by atoms with van der Waals surface area (Å²) >= 11 is 1.95. The molecule has 1 aromatic carbocycles. The van der Waals surface area contributed by atoms with E-state index in [2.05, 4.69) is 4.98 Å². The second-order valence-corrected chi connectivity index (χ2v) is 6.67. The molecule has 3 heterocycles. The van der Waals surface area contributed by atoms with Crippen molar-refractivity contribution in [2.24, 2.45) is 0 Å². The van der Waals surface area contributed by atoms with Crippen LogP contribution in [0.2, 0.25) is 0 Å². The summed E-state index contributed by atoms with van der Waals surface area (Å²) in [5.74, 6) is 3.29. The predicted octanol–water partition coefficient (Wildman–Crippen LogP) is 4.17. The lowest BCUT2D eigenvalue weighted by Crippen LogP contribution is -2.15. The van der Waals surface area contributed by atoms with Gasteiger partial charge in [0.2, 0.25) is 0 Å². The fourth-order valence-electron chi connectivity index (χ4n) is 3.02. The summed E-state index contributed by atoms with van der Waals surface area (Å²) in [4.78, 5) is 9.22. The number of benzene rings is 1. The molecule has 3 aromatic rings. The van der Waals surface area contributed by atoms with Gasteiger partial charge in [0.1, 0.15) is 17.2 Å². The molecule has 1 saturated heterocycles. The van der Waals surface area contributed by atoms with Crippen molar-refractivity contribution >= 4 is 22.9 Å².